The molecule has 1 N–H and O–H groups in total. The molecule has 134 valence electrons. The van der Waals surface area contributed by atoms with E-state index in [1.54, 1.807) is 0 Å². The smallest absolute Gasteiger partial charge is 0.230 e. The van der Waals surface area contributed by atoms with Gasteiger partial charge in [0.05, 0.1) is 11.8 Å². The van der Waals surface area contributed by atoms with Crippen molar-refractivity contribution in [3.05, 3.63) is 65.7 Å². The SMILES string of the molecule is Cc1cccc(-c2nnc(SCC(=O)N[C@@H](C)c3ccccc3)n2C)c1. The van der Waals surface area contributed by atoms with Crippen LogP contribution in [0.25, 0.3) is 11.4 Å². The number of carbonyl (C=O) groups is 1. The van der Waals surface area contributed by atoms with E-state index in [1.165, 1.54) is 17.3 Å². The first-order chi connectivity index (χ1) is 12.5. The molecular formula is C20H22N4OS. The Bertz CT molecular complexity index is 892. The number of aromatic nitrogens is 3. The van der Waals surface area contributed by atoms with Crippen LogP contribution < -0.4 is 5.32 Å². The molecule has 6 heteroatoms. The Kier molecular flexibility index (Phi) is 5.73. The average Bonchev–Trinajstić information content (AvgIpc) is 3.01. The zero-order valence-electron chi connectivity index (χ0n) is 15.1. The quantitative estimate of drug-likeness (QED) is 0.675. The van der Waals surface area contributed by atoms with Crippen LogP contribution in [0.4, 0.5) is 0 Å². The van der Waals surface area contributed by atoms with Gasteiger partial charge in [-0.1, -0.05) is 65.9 Å². The number of aryl methyl sites for hydroxylation is 1. The van der Waals surface area contributed by atoms with Gasteiger partial charge in [0.15, 0.2) is 11.0 Å². The Balaban J connectivity index is 1.61. The first kappa shape index (κ1) is 18.2. The molecule has 26 heavy (non-hydrogen) atoms. The fourth-order valence-electron chi connectivity index (χ4n) is 2.71. The van der Waals surface area contributed by atoms with Crippen molar-refractivity contribution in [2.24, 2.45) is 7.05 Å². The van der Waals surface area contributed by atoms with E-state index in [2.05, 4.69) is 21.6 Å². The van der Waals surface area contributed by atoms with E-state index in [4.69, 9.17) is 0 Å². The molecule has 0 aliphatic carbocycles. The van der Waals surface area contributed by atoms with Gasteiger partial charge in [0.1, 0.15) is 0 Å². The molecule has 5 nitrogen and oxygen atoms in total. The first-order valence-electron chi connectivity index (χ1n) is 8.48. The minimum Gasteiger partial charge on any atom is -0.349 e. The van der Waals surface area contributed by atoms with Gasteiger partial charge in [-0.2, -0.15) is 0 Å². The van der Waals surface area contributed by atoms with Crippen molar-refractivity contribution in [2.75, 3.05) is 5.75 Å². The second kappa shape index (κ2) is 8.19. The largest absolute Gasteiger partial charge is 0.349 e. The highest BCUT2D eigenvalue weighted by molar-refractivity contribution is 7.99. The predicted molar refractivity (Wildman–Crippen MR) is 105 cm³/mol. The summed E-state index contributed by atoms with van der Waals surface area (Å²) in [5, 5.41) is 12.2. The highest BCUT2D eigenvalue weighted by Crippen LogP contribution is 2.23. The van der Waals surface area contributed by atoms with Crippen LogP contribution in [-0.2, 0) is 11.8 Å². The number of rotatable bonds is 6. The molecule has 0 saturated carbocycles. The number of nitrogens with one attached hydrogen (secondary N) is 1. The Labute approximate surface area is 157 Å². The highest BCUT2D eigenvalue weighted by atomic mass is 32.2. The lowest BCUT2D eigenvalue weighted by atomic mass is 10.1. The van der Waals surface area contributed by atoms with Gasteiger partial charge in [-0.25, -0.2) is 0 Å². The van der Waals surface area contributed by atoms with Crippen LogP contribution in [0.3, 0.4) is 0 Å². The number of nitrogens with zero attached hydrogens (tertiary/aromatic N) is 3. The lowest BCUT2D eigenvalue weighted by molar-refractivity contribution is -0.119. The number of thioether (sulfide) groups is 1. The standard InChI is InChI=1S/C20H22N4OS/c1-14-8-7-11-17(12-14)19-22-23-20(24(19)3)26-13-18(25)21-15(2)16-9-5-4-6-10-16/h4-12,15H,13H2,1-3H3,(H,21,25)/t15-/m0/s1. The van der Waals surface area contributed by atoms with Crippen molar-refractivity contribution in [3.63, 3.8) is 0 Å². The van der Waals surface area contributed by atoms with Crippen LogP contribution in [0.5, 0.6) is 0 Å². The van der Waals surface area contributed by atoms with Gasteiger partial charge in [0.25, 0.3) is 0 Å². The molecular weight excluding hydrogens is 344 g/mol. The van der Waals surface area contributed by atoms with Gasteiger partial charge in [-0.3, -0.25) is 4.79 Å². The molecule has 0 aliphatic heterocycles. The minimum absolute atomic E-state index is 0.0216. The van der Waals surface area contributed by atoms with Gasteiger partial charge in [-0.15, -0.1) is 10.2 Å². The molecule has 1 heterocycles. The van der Waals surface area contributed by atoms with Gasteiger partial charge in [0, 0.05) is 12.6 Å². The van der Waals surface area contributed by atoms with Gasteiger partial charge < -0.3 is 9.88 Å². The maximum atomic E-state index is 12.2. The zero-order chi connectivity index (χ0) is 18.5. The van der Waals surface area contributed by atoms with E-state index in [1.807, 2.05) is 74.0 Å². The molecule has 0 radical (unpaired) electrons. The summed E-state index contributed by atoms with van der Waals surface area (Å²) in [6.45, 7) is 4.03. The molecule has 3 aromatic rings. The molecule has 0 saturated heterocycles. The number of carbonyl (C=O) groups excluding carboxylic acids is 1. The van der Waals surface area contributed by atoms with Crippen LogP contribution in [0.1, 0.15) is 24.1 Å². The summed E-state index contributed by atoms with van der Waals surface area (Å²) < 4.78 is 1.92. The van der Waals surface area contributed by atoms with E-state index in [0.29, 0.717) is 5.75 Å². The number of amides is 1. The van der Waals surface area contributed by atoms with Crippen molar-refractivity contribution in [3.8, 4) is 11.4 Å². The lowest BCUT2D eigenvalue weighted by Gasteiger charge is -2.14. The normalized spacial score (nSPS) is 12.0. The molecule has 0 bridgehead atoms. The third kappa shape index (κ3) is 4.32. The average molecular weight is 366 g/mol. The summed E-state index contributed by atoms with van der Waals surface area (Å²) in [4.78, 5) is 12.2. The third-order valence-corrected chi connectivity index (χ3v) is 5.14. The van der Waals surface area contributed by atoms with Crippen molar-refractivity contribution in [1.82, 2.24) is 20.1 Å². The summed E-state index contributed by atoms with van der Waals surface area (Å²) in [5.41, 5.74) is 3.29. The zero-order valence-corrected chi connectivity index (χ0v) is 16.0. The topological polar surface area (TPSA) is 59.8 Å². The van der Waals surface area contributed by atoms with Crippen LogP contribution in [0.2, 0.25) is 0 Å². The van der Waals surface area contributed by atoms with Gasteiger partial charge in [-0.05, 0) is 25.5 Å². The second-order valence-corrected chi connectivity index (χ2v) is 7.17. The minimum atomic E-state index is -0.0218. The highest BCUT2D eigenvalue weighted by Gasteiger charge is 2.14. The van der Waals surface area contributed by atoms with Crippen molar-refractivity contribution in [1.29, 1.82) is 0 Å². The molecule has 0 aliphatic rings. The van der Waals surface area contributed by atoms with E-state index in [0.717, 1.165) is 22.1 Å². The summed E-state index contributed by atoms with van der Waals surface area (Å²) >= 11 is 1.39. The summed E-state index contributed by atoms with van der Waals surface area (Å²) in [6, 6.07) is 18.0. The lowest BCUT2D eigenvalue weighted by Crippen LogP contribution is -2.28. The molecule has 1 amide bonds. The number of hydrogen-bond acceptors (Lipinski definition) is 4. The maximum Gasteiger partial charge on any atom is 0.230 e. The van der Waals surface area contributed by atoms with Crippen LogP contribution in [0.15, 0.2) is 59.8 Å². The monoisotopic (exact) mass is 366 g/mol. The first-order valence-corrected chi connectivity index (χ1v) is 9.46. The molecule has 1 atom stereocenters. The van der Waals surface area contributed by atoms with Gasteiger partial charge >= 0.3 is 0 Å². The third-order valence-electron chi connectivity index (χ3n) is 4.12. The molecule has 1 aromatic heterocycles. The van der Waals surface area contributed by atoms with Gasteiger partial charge in [0.2, 0.25) is 5.91 Å². The fraction of sp³-hybridized carbons (Fsp3) is 0.250. The Hall–Kier alpha value is -2.60. The molecule has 0 fully saturated rings. The number of benzene rings is 2. The van der Waals surface area contributed by atoms with E-state index in [9.17, 15) is 4.79 Å². The van der Waals surface area contributed by atoms with Crippen LogP contribution in [-0.4, -0.2) is 26.4 Å². The van der Waals surface area contributed by atoms with Crippen molar-refractivity contribution < 1.29 is 4.79 Å². The summed E-state index contributed by atoms with van der Waals surface area (Å²) in [7, 11) is 1.92. The summed E-state index contributed by atoms with van der Waals surface area (Å²) in [6.07, 6.45) is 0. The number of hydrogen-bond donors (Lipinski definition) is 1. The molecule has 0 unspecified atom stereocenters. The molecule has 2 aromatic carbocycles. The van der Waals surface area contributed by atoms with Crippen molar-refractivity contribution in [2.45, 2.75) is 25.0 Å². The summed E-state index contributed by atoms with van der Waals surface area (Å²) in [5.74, 6) is 1.08. The molecule has 0 spiro atoms. The van der Waals surface area contributed by atoms with Crippen molar-refractivity contribution >= 4 is 17.7 Å². The van der Waals surface area contributed by atoms with E-state index in [-0.39, 0.29) is 11.9 Å². The second-order valence-electron chi connectivity index (χ2n) is 6.22. The Morgan fingerprint density at radius 2 is 1.92 bits per heavy atom. The predicted octanol–water partition coefficient (Wildman–Crippen LogP) is 3.76. The van der Waals surface area contributed by atoms with E-state index < -0.39 is 0 Å². The van der Waals surface area contributed by atoms with Crippen LogP contribution >= 0.6 is 11.8 Å². The maximum absolute atomic E-state index is 12.2. The van der Waals surface area contributed by atoms with E-state index >= 15 is 0 Å². The van der Waals surface area contributed by atoms with Crippen LogP contribution in [0, 0.1) is 6.92 Å². The Morgan fingerprint density at radius 1 is 1.15 bits per heavy atom. The molecule has 3 rings (SSSR count). The Morgan fingerprint density at radius 3 is 2.65 bits per heavy atom. The fourth-order valence-corrected chi connectivity index (χ4v) is 3.44.